The van der Waals surface area contributed by atoms with E-state index in [0.717, 1.165) is 0 Å². The molecule has 16 heavy (non-hydrogen) atoms. The van der Waals surface area contributed by atoms with Gasteiger partial charge < -0.3 is 10.1 Å². The van der Waals surface area contributed by atoms with Crippen LogP contribution in [0.1, 0.15) is 24.2 Å². The Morgan fingerprint density at radius 3 is 2.75 bits per heavy atom. The number of nitrogens with one attached hydrogen (secondary N) is 1. The Hall–Kier alpha value is -1.58. The molecule has 0 aliphatic carbocycles. The van der Waals surface area contributed by atoms with Crippen LogP contribution < -0.4 is 10.1 Å². The third kappa shape index (κ3) is 3.22. The van der Waals surface area contributed by atoms with Crippen LogP contribution in [-0.4, -0.2) is 19.6 Å². The summed E-state index contributed by atoms with van der Waals surface area (Å²) < 4.78 is 17.9. The van der Waals surface area contributed by atoms with Gasteiger partial charge in [0.2, 0.25) is 0 Å². The SMILES string of the molecule is COc1cc(C(=O)NCC(C)C)ccc1F. The second-order valence-corrected chi connectivity index (χ2v) is 3.95. The molecule has 0 heterocycles. The molecule has 0 saturated carbocycles. The van der Waals surface area contributed by atoms with Crippen LogP contribution in [-0.2, 0) is 0 Å². The Bertz CT molecular complexity index is 377. The molecule has 3 nitrogen and oxygen atoms in total. The Labute approximate surface area is 94.6 Å². The van der Waals surface area contributed by atoms with Crippen molar-refractivity contribution in [2.24, 2.45) is 5.92 Å². The van der Waals surface area contributed by atoms with Crippen LogP contribution in [0.4, 0.5) is 4.39 Å². The third-order valence-electron chi connectivity index (χ3n) is 2.08. The molecule has 0 aliphatic heterocycles. The monoisotopic (exact) mass is 225 g/mol. The molecule has 0 fully saturated rings. The molecule has 1 aromatic carbocycles. The Kier molecular flexibility index (Phi) is 4.28. The van der Waals surface area contributed by atoms with Gasteiger partial charge in [-0.25, -0.2) is 4.39 Å². The summed E-state index contributed by atoms with van der Waals surface area (Å²) in [5, 5.41) is 2.75. The molecule has 0 spiro atoms. The van der Waals surface area contributed by atoms with Crippen molar-refractivity contribution in [3.63, 3.8) is 0 Å². The van der Waals surface area contributed by atoms with E-state index < -0.39 is 5.82 Å². The highest BCUT2D eigenvalue weighted by Gasteiger charge is 2.09. The lowest BCUT2D eigenvalue weighted by Gasteiger charge is -2.08. The van der Waals surface area contributed by atoms with Crippen molar-refractivity contribution in [3.8, 4) is 5.75 Å². The van der Waals surface area contributed by atoms with Crippen molar-refractivity contribution in [2.45, 2.75) is 13.8 Å². The van der Waals surface area contributed by atoms with E-state index in [2.05, 4.69) is 5.32 Å². The second kappa shape index (κ2) is 5.49. The summed E-state index contributed by atoms with van der Waals surface area (Å²) in [6, 6.07) is 4.06. The van der Waals surface area contributed by atoms with Crippen LogP contribution in [0, 0.1) is 11.7 Å². The average Bonchev–Trinajstić information content (AvgIpc) is 2.26. The van der Waals surface area contributed by atoms with Crippen molar-refractivity contribution in [2.75, 3.05) is 13.7 Å². The highest BCUT2D eigenvalue weighted by molar-refractivity contribution is 5.94. The minimum atomic E-state index is -0.470. The molecule has 0 aromatic heterocycles. The molecular weight excluding hydrogens is 209 g/mol. The summed E-state index contributed by atoms with van der Waals surface area (Å²) in [7, 11) is 1.37. The first-order valence-electron chi connectivity index (χ1n) is 5.16. The number of hydrogen-bond acceptors (Lipinski definition) is 2. The zero-order chi connectivity index (χ0) is 12.1. The van der Waals surface area contributed by atoms with Gasteiger partial charge >= 0.3 is 0 Å². The summed E-state index contributed by atoms with van der Waals surface area (Å²) >= 11 is 0. The van der Waals surface area contributed by atoms with Gasteiger partial charge in [0.25, 0.3) is 5.91 Å². The fourth-order valence-corrected chi connectivity index (χ4v) is 1.20. The fraction of sp³-hybridized carbons (Fsp3) is 0.417. The summed E-state index contributed by atoms with van der Waals surface area (Å²) in [6.45, 7) is 4.61. The van der Waals surface area contributed by atoms with Crippen LogP contribution in [0.5, 0.6) is 5.75 Å². The molecule has 0 saturated heterocycles. The molecule has 4 heteroatoms. The minimum absolute atomic E-state index is 0.0807. The van der Waals surface area contributed by atoms with Crippen LogP contribution in [0.15, 0.2) is 18.2 Å². The largest absolute Gasteiger partial charge is 0.494 e. The molecule has 88 valence electrons. The average molecular weight is 225 g/mol. The molecule has 0 bridgehead atoms. The molecule has 1 aromatic rings. The number of hydrogen-bond donors (Lipinski definition) is 1. The first-order valence-corrected chi connectivity index (χ1v) is 5.16. The first kappa shape index (κ1) is 12.5. The van der Waals surface area contributed by atoms with Crippen molar-refractivity contribution in [1.82, 2.24) is 5.32 Å². The normalized spacial score (nSPS) is 10.3. The molecule has 1 amide bonds. The van der Waals surface area contributed by atoms with Crippen LogP contribution in [0.3, 0.4) is 0 Å². The maximum atomic E-state index is 13.1. The summed E-state index contributed by atoms with van der Waals surface area (Å²) in [5.74, 6) is -0.224. The number of rotatable bonds is 4. The quantitative estimate of drug-likeness (QED) is 0.853. The molecule has 0 radical (unpaired) electrons. The van der Waals surface area contributed by atoms with E-state index >= 15 is 0 Å². The van der Waals surface area contributed by atoms with E-state index in [1.165, 1.54) is 25.3 Å². The van der Waals surface area contributed by atoms with Gasteiger partial charge in [-0.15, -0.1) is 0 Å². The Balaban J connectivity index is 2.76. The maximum Gasteiger partial charge on any atom is 0.251 e. The van der Waals surface area contributed by atoms with E-state index in [4.69, 9.17) is 4.74 Å². The van der Waals surface area contributed by atoms with Crippen molar-refractivity contribution in [1.29, 1.82) is 0 Å². The van der Waals surface area contributed by atoms with Gasteiger partial charge in [0.15, 0.2) is 11.6 Å². The predicted molar refractivity (Wildman–Crippen MR) is 60.1 cm³/mol. The lowest BCUT2D eigenvalue weighted by Crippen LogP contribution is -2.27. The zero-order valence-electron chi connectivity index (χ0n) is 9.71. The Morgan fingerprint density at radius 1 is 1.50 bits per heavy atom. The zero-order valence-corrected chi connectivity index (χ0v) is 9.71. The number of benzene rings is 1. The number of methoxy groups -OCH3 is 1. The molecule has 0 atom stereocenters. The van der Waals surface area contributed by atoms with Gasteiger partial charge in [0.05, 0.1) is 7.11 Å². The van der Waals surface area contributed by atoms with Crippen molar-refractivity contribution in [3.05, 3.63) is 29.6 Å². The number of ether oxygens (including phenoxy) is 1. The molecular formula is C12H16FNO2. The molecule has 0 aliphatic rings. The van der Waals surface area contributed by atoms with Crippen LogP contribution in [0.2, 0.25) is 0 Å². The summed E-state index contributed by atoms with van der Waals surface area (Å²) in [6.07, 6.45) is 0. The van der Waals surface area contributed by atoms with E-state index in [-0.39, 0.29) is 11.7 Å². The minimum Gasteiger partial charge on any atom is -0.494 e. The second-order valence-electron chi connectivity index (χ2n) is 3.95. The smallest absolute Gasteiger partial charge is 0.251 e. The van der Waals surface area contributed by atoms with Gasteiger partial charge in [0.1, 0.15) is 0 Å². The summed E-state index contributed by atoms with van der Waals surface area (Å²) in [4.78, 5) is 11.6. The highest BCUT2D eigenvalue weighted by atomic mass is 19.1. The van der Waals surface area contributed by atoms with E-state index in [1.54, 1.807) is 0 Å². The van der Waals surface area contributed by atoms with Gasteiger partial charge in [-0.2, -0.15) is 0 Å². The number of carbonyl (C=O) groups excluding carboxylic acids is 1. The van der Waals surface area contributed by atoms with Gasteiger partial charge in [-0.1, -0.05) is 13.8 Å². The van der Waals surface area contributed by atoms with Gasteiger partial charge in [-0.3, -0.25) is 4.79 Å². The van der Waals surface area contributed by atoms with Gasteiger partial charge in [0, 0.05) is 12.1 Å². The number of carbonyl (C=O) groups is 1. The van der Waals surface area contributed by atoms with E-state index in [0.29, 0.717) is 18.0 Å². The van der Waals surface area contributed by atoms with E-state index in [9.17, 15) is 9.18 Å². The fourth-order valence-electron chi connectivity index (χ4n) is 1.20. The third-order valence-corrected chi connectivity index (χ3v) is 2.08. The lowest BCUT2D eigenvalue weighted by atomic mass is 10.1. The molecule has 1 rings (SSSR count). The number of halogens is 1. The predicted octanol–water partition coefficient (Wildman–Crippen LogP) is 2.22. The topological polar surface area (TPSA) is 38.3 Å². The maximum absolute atomic E-state index is 13.1. The summed E-state index contributed by atoms with van der Waals surface area (Å²) in [5.41, 5.74) is 0.402. The first-order chi connectivity index (χ1) is 7.54. The Morgan fingerprint density at radius 2 is 2.19 bits per heavy atom. The van der Waals surface area contributed by atoms with Crippen LogP contribution in [0.25, 0.3) is 0 Å². The van der Waals surface area contributed by atoms with Crippen LogP contribution >= 0.6 is 0 Å². The molecule has 1 N–H and O–H groups in total. The molecule has 0 unspecified atom stereocenters. The lowest BCUT2D eigenvalue weighted by molar-refractivity contribution is 0.0948. The highest BCUT2D eigenvalue weighted by Crippen LogP contribution is 2.18. The van der Waals surface area contributed by atoms with Gasteiger partial charge in [-0.05, 0) is 24.1 Å². The standard InChI is InChI=1S/C12H16FNO2/c1-8(2)7-14-12(15)9-4-5-10(13)11(6-9)16-3/h4-6,8H,7H2,1-3H3,(H,14,15). The van der Waals surface area contributed by atoms with Crippen molar-refractivity contribution < 1.29 is 13.9 Å². The number of amides is 1. The van der Waals surface area contributed by atoms with Crippen molar-refractivity contribution >= 4 is 5.91 Å². The van der Waals surface area contributed by atoms with E-state index in [1.807, 2.05) is 13.8 Å².